The molecule has 2 unspecified atom stereocenters. The predicted octanol–water partition coefficient (Wildman–Crippen LogP) is 1.22. The highest BCUT2D eigenvalue weighted by atomic mass is 16.6. The van der Waals surface area contributed by atoms with Crippen LogP contribution >= 0.6 is 0 Å². The van der Waals surface area contributed by atoms with Gasteiger partial charge in [-0.15, -0.1) is 0 Å². The number of ether oxygens (including phenoxy) is 1. The summed E-state index contributed by atoms with van der Waals surface area (Å²) in [5, 5.41) is 3.31. The molecule has 0 aromatic rings. The van der Waals surface area contributed by atoms with E-state index in [2.05, 4.69) is 5.32 Å². The standard InChI is InChI=1S/C11H20N2O2/c1-11(2,3)15-10(14)13-7-8-4-5-12-6-9(8)13/h8-9,12H,4-7H2,1-3H3. The van der Waals surface area contributed by atoms with E-state index in [1.54, 1.807) is 0 Å². The molecule has 4 nitrogen and oxygen atoms in total. The van der Waals surface area contributed by atoms with Crippen LogP contribution in [0.15, 0.2) is 0 Å². The van der Waals surface area contributed by atoms with E-state index in [-0.39, 0.29) is 11.7 Å². The molecular weight excluding hydrogens is 192 g/mol. The molecule has 0 radical (unpaired) electrons. The van der Waals surface area contributed by atoms with Crippen LogP contribution in [-0.4, -0.2) is 42.3 Å². The van der Waals surface area contributed by atoms with Crippen LogP contribution < -0.4 is 5.32 Å². The van der Waals surface area contributed by atoms with Crippen LogP contribution in [0, 0.1) is 5.92 Å². The van der Waals surface area contributed by atoms with Crippen molar-refractivity contribution in [3.8, 4) is 0 Å². The number of carbonyl (C=O) groups excluding carboxylic acids is 1. The summed E-state index contributed by atoms with van der Waals surface area (Å²) in [4.78, 5) is 13.6. The number of hydrogen-bond acceptors (Lipinski definition) is 3. The monoisotopic (exact) mass is 212 g/mol. The Balaban J connectivity index is 1.88. The average molecular weight is 212 g/mol. The molecule has 2 fully saturated rings. The smallest absolute Gasteiger partial charge is 0.410 e. The summed E-state index contributed by atoms with van der Waals surface area (Å²) in [5.74, 6) is 0.693. The first-order valence-electron chi connectivity index (χ1n) is 5.68. The summed E-state index contributed by atoms with van der Waals surface area (Å²) in [6, 6.07) is 0.369. The van der Waals surface area contributed by atoms with Gasteiger partial charge < -0.3 is 15.0 Å². The Hall–Kier alpha value is -0.770. The molecule has 2 atom stereocenters. The summed E-state index contributed by atoms with van der Waals surface area (Å²) in [6.45, 7) is 8.60. The SMILES string of the molecule is CC(C)(C)OC(=O)N1CC2CCNCC21. The van der Waals surface area contributed by atoms with Gasteiger partial charge in [0.2, 0.25) is 0 Å². The molecule has 86 valence electrons. The summed E-state index contributed by atoms with van der Waals surface area (Å²) in [7, 11) is 0. The van der Waals surface area contributed by atoms with Crippen molar-refractivity contribution in [3.05, 3.63) is 0 Å². The first-order valence-corrected chi connectivity index (χ1v) is 5.68. The predicted molar refractivity (Wildman–Crippen MR) is 57.7 cm³/mol. The van der Waals surface area contributed by atoms with E-state index in [1.807, 2.05) is 25.7 Å². The average Bonchev–Trinajstić information content (AvgIpc) is 2.03. The molecule has 0 spiro atoms. The Labute approximate surface area is 91.0 Å². The Morgan fingerprint density at radius 2 is 2.20 bits per heavy atom. The number of nitrogens with zero attached hydrogens (tertiary/aromatic N) is 1. The van der Waals surface area contributed by atoms with Gasteiger partial charge in [0.1, 0.15) is 5.60 Å². The van der Waals surface area contributed by atoms with E-state index in [0.29, 0.717) is 12.0 Å². The van der Waals surface area contributed by atoms with Crippen molar-refractivity contribution in [2.45, 2.75) is 38.8 Å². The molecular formula is C11H20N2O2. The van der Waals surface area contributed by atoms with Gasteiger partial charge in [0, 0.05) is 13.1 Å². The third-order valence-electron chi connectivity index (χ3n) is 3.05. The topological polar surface area (TPSA) is 41.6 Å². The maximum Gasteiger partial charge on any atom is 0.410 e. The van der Waals surface area contributed by atoms with Crippen molar-refractivity contribution in [2.75, 3.05) is 19.6 Å². The van der Waals surface area contributed by atoms with Crippen LogP contribution in [0.3, 0.4) is 0 Å². The number of hydrogen-bond donors (Lipinski definition) is 1. The lowest BCUT2D eigenvalue weighted by atomic mass is 9.83. The van der Waals surface area contributed by atoms with E-state index in [1.165, 1.54) is 6.42 Å². The third-order valence-corrected chi connectivity index (χ3v) is 3.05. The number of likely N-dealkylation sites (tertiary alicyclic amines) is 1. The van der Waals surface area contributed by atoms with Gasteiger partial charge in [0.25, 0.3) is 0 Å². The molecule has 2 heterocycles. The molecule has 0 aromatic heterocycles. The zero-order chi connectivity index (χ0) is 11.1. The molecule has 4 heteroatoms. The quantitative estimate of drug-likeness (QED) is 0.656. The Bertz CT molecular complexity index is 260. The van der Waals surface area contributed by atoms with Crippen LogP contribution in [0.4, 0.5) is 4.79 Å². The maximum atomic E-state index is 11.8. The van der Waals surface area contributed by atoms with Crippen molar-refractivity contribution < 1.29 is 9.53 Å². The summed E-state index contributed by atoms with van der Waals surface area (Å²) < 4.78 is 5.35. The van der Waals surface area contributed by atoms with Crippen molar-refractivity contribution in [1.82, 2.24) is 10.2 Å². The first kappa shape index (κ1) is 10.7. The van der Waals surface area contributed by atoms with Gasteiger partial charge in [-0.2, -0.15) is 0 Å². The lowest BCUT2D eigenvalue weighted by molar-refractivity contribution is -0.0381. The number of nitrogens with one attached hydrogen (secondary N) is 1. The van der Waals surface area contributed by atoms with Crippen LogP contribution in [-0.2, 0) is 4.74 Å². The minimum absolute atomic E-state index is 0.160. The molecule has 0 bridgehead atoms. The van der Waals surface area contributed by atoms with E-state index < -0.39 is 0 Å². The fraction of sp³-hybridized carbons (Fsp3) is 0.909. The van der Waals surface area contributed by atoms with Gasteiger partial charge in [-0.05, 0) is 39.7 Å². The largest absolute Gasteiger partial charge is 0.444 e. The molecule has 0 saturated carbocycles. The molecule has 2 aliphatic rings. The van der Waals surface area contributed by atoms with Crippen LogP contribution in [0.1, 0.15) is 27.2 Å². The molecule has 1 N–H and O–H groups in total. The lowest BCUT2D eigenvalue weighted by Crippen LogP contribution is -2.65. The van der Waals surface area contributed by atoms with E-state index in [0.717, 1.165) is 19.6 Å². The molecule has 15 heavy (non-hydrogen) atoms. The minimum atomic E-state index is -0.385. The zero-order valence-electron chi connectivity index (χ0n) is 9.75. The van der Waals surface area contributed by atoms with Gasteiger partial charge in [0.15, 0.2) is 0 Å². The summed E-state index contributed by atoms with van der Waals surface area (Å²) >= 11 is 0. The second-order valence-corrected chi connectivity index (χ2v) is 5.45. The molecule has 0 aliphatic carbocycles. The number of rotatable bonds is 0. The number of carbonyl (C=O) groups is 1. The van der Waals surface area contributed by atoms with Gasteiger partial charge in [0.05, 0.1) is 6.04 Å². The molecule has 1 amide bonds. The number of fused-ring (bicyclic) bond motifs is 1. The van der Waals surface area contributed by atoms with Gasteiger partial charge in [-0.3, -0.25) is 0 Å². The second kappa shape index (κ2) is 3.67. The van der Waals surface area contributed by atoms with Crippen molar-refractivity contribution in [3.63, 3.8) is 0 Å². The number of amides is 1. The highest BCUT2D eigenvalue weighted by Gasteiger charge is 2.44. The zero-order valence-corrected chi connectivity index (χ0v) is 9.75. The second-order valence-electron chi connectivity index (χ2n) is 5.45. The Kier molecular flexibility index (Phi) is 2.63. The van der Waals surface area contributed by atoms with Gasteiger partial charge in [-0.25, -0.2) is 4.79 Å². The van der Waals surface area contributed by atoms with Crippen molar-refractivity contribution >= 4 is 6.09 Å². The highest BCUT2D eigenvalue weighted by molar-refractivity contribution is 5.69. The first-order chi connectivity index (χ1) is 6.97. The van der Waals surface area contributed by atoms with E-state index in [9.17, 15) is 4.79 Å². The lowest BCUT2D eigenvalue weighted by Gasteiger charge is -2.50. The Morgan fingerprint density at radius 1 is 1.47 bits per heavy atom. The van der Waals surface area contributed by atoms with E-state index >= 15 is 0 Å². The van der Waals surface area contributed by atoms with Crippen LogP contribution in [0.25, 0.3) is 0 Å². The van der Waals surface area contributed by atoms with Gasteiger partial charge in [-0.1, -0.05) is 0 Å². The highest BCUT2D eigenvalue weighted by Crippen LogP contribution is 2.30. The molecule has 2 rings (SSSR count). The van der Waals surface area contributed by atoms with Gasteiger partial charge >= 0.3 is 6.09 Å². The Morgan fingerprint density at radius 3 is 2.80 bits per heavy atom. The maximum absolute atomic E-state index is 11.8. The molecule has 0 aromatic carbocycles. The fourth-order valence-corrected chi connectivity index (χ4v) is 2.25. The summed E-state index contributed by atoms with van der Waals surface area (Å²) in [6.07, 6.45) is 1.02. The third kappa shape index (κ3) is 2.25. The number of piperidine rings is 1. The van der Waals surface area contributed by atoms with Crippen molar-refractivity contribution in [2.24, 2.45) is 5.92 Å². The molecule has 2 aliphatic heterocycles. The molecule has 2 saturated heterocycles. The summed E-state index contributed by atoms with van der Waals surface area (Å²) in [5.41, 5.74) is -0.385. The van der Waals surface area contributed by atoms with Crippen LogP contribution in [0.5, 0.6) is 0 Å². The van der Waals surface area contributed by atoms with E-state index in [4.69, 9.17) is 4.74 Å². The van der Waals surface area contributed by atoms with Crippen molar-refractivity contribution in [1.29, 1.82) is 0 Å². The fourth-order valence-electron chi connectivity index (χ4n) is 2.25. The normalized spacial score (nSPS) is 30.5. The van der Waals surface area contributed by atoms with Crippen LogP contribution in [0.2, 0.25) is 0 Å². The minimum Gasteiger partial charge on any atom is -0.444 e.